The highest BCUT2D eigenvalue weighted by molar-refractivity contribution is 14.1. The topological polar surface area (TPSA) is 25.8 Å². The van der Waals surface area contributed by atoms with Crippen molar-refractivity contribution < 1.29 is 8.78 Å². The van der Waals surface area contributed by atoms with Gasteiger partial charge in [0.05, 0.1) is 0 Å². The van der Waals surface area contributed by atoms with Gasteiger partial charge in [0.15, 0.2) is 3.01 Å². The molecule has 0 aliphatic heterocycles. The molecule has 1 heterocycles. The van der Waals surface area contributed by atoms with E-state index in [4.69, 9.17) is 0 Å². The van der Waals surface area contributed by atoms with Gasteiger partial charge in [-0.15, -0.1) is 0 Å². The van der Waals surface area contributed by atoms with Crippen LogP contribution >= 0.6 is 34.1 Å². The summed E-state index contributed by atoms with van der Waals surface area (Å²) in [4.78, 5) is 4.11. The summed E-state index contributed by atoms with van der Waals surface area (Å²) in [5, 5.41) is 0. The van der Waals surface area contributed by atoms with E-state index in [0.717, 1.165) is 9.08 Å². The van der Waals surface area contributed by atoms with Crippen molar-refractivity contribution in [3.8, 4) is 0 Å². The molecule has 0 fully saturated rings. The van der Waals surface area contributed by atoms with E-state index in [1.165, 1.54) is 23.7 Å². The Kier molecular flexibility index (Phi) is 3.25. The maximum Gasteiger partial charge on any atom is 0.173 e. The molecule has 0 unspecified atom stereocenters. The van der Waals surface area contributed by atoms with Gasteiger partial charge in [0, 0.05) is 12.5 Å². The third-order valence-electron chi connectivity index (χ3n) is 1.73. The van der Waals surface area contributed by atoms with Gasteiger partial charge in [-0.05, 0) is 51.8 Å². The molecular weight excluding hydrogens is 333 g/mol. The van der Waals surface area contributed by atoms with Gasteiger partial charge < -0.3 is 0 Å². The summed E-state index contributed by atoms with van der Waals surface area (Å²) in [5.41, 5.74) is 0.543. The number of rotatable bonds is 2. The van der Waals surface area contributed by atoms with Gasteiger partial charge in [-0.2, -0.15) is 4.37 Å². The summed E-state index contributed by atoms with van der Waals surface area (Å²) in [7, 11) is 0. The van der Waals surface area contributed by atoms with E-state index >= 15 is 0 Å². The van der Waals surface area contributed by atoms with Gasteiger partial charge in [0.25, 0.3) is 0 Å². The average Bonchev–Trinajstić information content (AvgIpc) is 2.49. The summed E-state index contributed by atoms with van der Waals surface area (Å²) in [6.07, 6.45) is 0.355. The normalized spacial score (nSPS) is 10.6. The average molecular weight is 338 g/mol. The Morgan fingerprint density at radius 3 is 2.40 bits per heavy atom. The Morgan fingerprint density at radius 2 is 1.87 bits per heavy atom. The second kappa shape index (κ2) is 4.48. The van der Waals surface area contributed by atoms with Gasteiger partial charge in [0.1, 0.15) is 17.5 Å². The number of benzene rings is 1. The summed E-state index contributed by atoms with van der Waals surface area (Å²) in [5.74, 6) is -0.556. The molecule has 0 atom stereocenters. The molecule has 78 valence electrons. The molecule has 0 saturated heterocycles. The van der Waals surface area contributed by atoms with Gasteiger partial charge in [-0.1, -0.05) is 0 Å². The van der Waals surface area contributed by atoms with Gasteiger partial charge in [-0.3, -0.25) is 0 Å². The molecular formula is C9H5F2IN2S. The van der Waals surface area contributed by atoms with E-state index < -0.39 is 11.6 Å². The first-order chi connectivity index (χ1) is 7.13. The fraction of sp³-hybridized carbons (Fsp3) is 0.111. The van der Waals surface area contributed by atoms with E-state index in [-0.39, 0.29) is 0 Å². The fourth-order valence-corrected chi connectivity index (χ4v) is 2.21. The molecule has 0 amide bonds. The summed E-state index contributed by atoms with van der Waals surface area (Å²) >= 11 is 3.32. The zero-order valence-corrected chi connectivity index (χ0v) is 10.3. The monoisotopic (exact) mass is 338 g/mol. The van der Waals surface area contributed by atoms with Gasteiger partial charge in [-0.25, -0.2) is 13.8 Å². The van der Waals surface area contributed by atoms with E-state index in [1.54, 1.807) is 0 Å². The largest absolute Gasteiger partial charge is 0.213 e. The van der Waals surface area contributed by atoms with Crippen LogP contribution in [0.15, 0.2) is 18.2 Å². The van der Waals surface area contributed by atoms with Crippen LogP contribution < -0.4 is 0 Å². The Bertz CT molecular complexity index is 466. The standard InChI is InChI=1S/C9H5F2IN2S/c10-6-1-5(2-7(11)4-6)3-8-13-9(12)15-14-8/h1-2,4H,3H2. The molecule has 0 bridgehead atoms. The highest BCUT2D eigenvalue weighted by atomic mass is 127. The lowest BCUT2D eigenvalue weighted by Crippen LogP contribution is -1.93. The van der Waals surface area contributed by atoms with Crippen molar-refractivity contribution in [2.75, 3.05) is 0 Å². The maximum absolute atomic E-state index is 12.9. The Balaban J connectivity index is 2.24. The molecule has 15 heavy (non-hydrogen) atoms. The van der Waals surface area contributed by atoms with Crippen LogP contribution in [0.1, 0.15) is 11.4 Å². The lowest BCUT2D eigenvalue weighted by atomic mass is 10.1. The van der Waals surface area contributed by atoms with Crippen LogP contribution in [-0.4, -0.2) is 9.36 Å². The molecule has 2 nitrogen and oxygen atoms in total. The Hall–Kier alpha value is -0.630. The second-order valence-corrected chi connectivity index (χ2v) is 5.42. The highest BCUT2D eigenvalue weighted by Crippen LogP contribution is 2.14. The molecule has 2 rings (SSSR count). The molecule has 0 aliphatic rings. The molecule has 6 heteroatoms. The molecule has 0 radical (unpaired) electrons. The molecule has 0 aliphatic carbocycles. The first kappa shape index (κ1) is 10.9. The molecule has 1 aromatic heterocycles. The minimum atomic E-state index is -0.574. The van der Waals surface area contributed by atoms with Crippen molar-refractivity contribution in [2.45, 2.75) is 6.42 Å². The van der Waals surface area contributed by atoms with Crippen molar-refractivity contribution in [3.63, 3.8) is 0 Å². The number of nitrogens with zero attached hydrogens (tertiary/aromatic N) is 2. The van der Waals surface area contributed by atoms with Crippen LogP contribution in [-0.2, 0) is 6.42 Å². The van der Waals surface area contributed by atoms with E-state index in [2.05, 4.69) is 31.9 Å². The van der Waals surface area contributed by atoms with Crippen LogP contribution in [0.5, 0.6) is 0 Å². The Labute approximate surface area is 103 Å². The minimum absolute atomic E-state index is 0.355. The number of halogens is 3. The van der Waals surface area contributed by atoms with Crippen LogP contribution in [0.3, 0.4) is 0 Å². The SMILES string of the molecule is Fc1cc(F)cc(Cc2nsc(I)n2)c1. The smallest absolute Gasteiger partial charge is 0.173 e. The zero-order chi connectivity index (χ0) is 10.8. The zero-order valence-electron chi connectivity index (χ0n) is 7.38. The van der Waals surface area contributed by atoms with E-state index in [1.807, 2.05) is 0 Å². The van der Waals surface area contributed by atoms with Crippen LogP contribution in [0.4, 0.5) is 8.78 Å². The van der Waals surface area contributed by atoms with Crippen LogP contribution in [0, 0.1) is 14.6 Å². The van der Waals surface area contributed by atoms with E-state index in [9.17, 15) is 8.78 Å². The summed E-state index contributed by atoms with van der Waals surface area (Å²) < 4.78 is 30.6. The quantitative estimate of drug-likeness (QED) is 0.787. The third-order valence-corrected chi connectivity index (χ3v) is 3.10. The number of hydrogen-bond acceptors (Lipinski definition) is 3. The first-order valence-electron chi connectivity index (χ1n) is 4.06. The first-order valence-corrected chi connectivity index (χ1v) is 5.92. The Morgan fingerprint density at radius 1 is 1.20 bits per heavy atom. The molecule has 2 aromatic rings. The lowest BCUT2D eigenvalue weighted by molar-refractivity contribution is 0.580. The van der Waals surface area contributed by atoms with E-state index in [0.29, 0.717) is 17.8 Å². The summed E-state index contributed by atoms with van der Waals surface area (Å²) in [6.45, 7) is 0. The molecule has 0 spiro atoms. The lowest BCUT2D eigenvalue weighted by Gasteiger charge is -1.98. The predicted molar refractivity (Wildman–Crippen MR) is 61.8 cm³/mol. The number of aromatic nitrogens is 2. The minimum Gasteiger partial charge on any atom is -0.213 e. The maximum atomic E-state index is 12.9. The van der Waals surface area contributed by atoms with Crippen LogP contribution in [0.2, 0.25) is 0 Å². The highest BCUT2D eigenvalue weighted by Gasteiger charge is 2.05. The molecule has 0 N–H and O–H groups in total. The predicted octanol–water partition coefficient (Wildman–Crippen LogP) is 3.01. The fourth-order valence-electron chi connectivity index (χ4n) is 1.20. The third kappa shape index (κ3) is 2.91. The molecule has 0 saturated carbocycles. The van der Waals surface area contributed by atoms with Crippen molar-refractivity contribution >= 4 is 34.1 Å². The van der Waals surface area contributed by atoms with Crippen molar-refractivity contribution in [1.82, 2.24) is 9.36 Å². The molecule has 1 aromatic carbocycles. The number of hydrogen-bond donors (Lipinski definition) is 0. The summed E-state index contributed by atoms with van der Waals surface area (Å²) in [6, 6.07) is 3.43. The van der Waals surface area contributed by atoms with Gasteiger partial charge >= 0.3 is 0 Å². The van der Waals surface area contributed by atoms with Crippen molar-refractivity contribution in [2.24, 2.45) is 0 Å². The van der Waals surface area contributed by atoms with Gasteiger partial charge in [0.2, 0.25) is 0 Å². The second-order valence-electron chi connectivity index (χ2n) is 2.92. The van der Waals surface area contributed by atoms with Crippen molar-refractivity contribution in [1.29, 1.82) is 0 Å². The van der Waals surface area contributed by atoms with Crippen LogP contribution in [0.25, 0.3) is 0 Å². The van der Waals surface area contributed by atoms with Crippen molar-refractivity contribution in [3.05, 3.63) is 44.2 Å².